The molecule has 0 amide bonds. The number of ether oxygens (including phenoxy) is 1. The number of rotatable bonds is 2. The normalized spacial score (nSPS) is 36.7. The number of carboxylic acid groups (broad SMARTS) is 1. The van der Waals surface area contributed by atoms with Crippen LogP contribution in [0, 0.1) is 0 Å². The molecule has 2 atom stereocenters. The fraction of sp³-hybridized carbons (Fsp3) is 0.889. The van der Waals surface area contributed by atoms with Crippen LogP contribution >= 0.6 is 0 Å². The van der Waals surface area contributed by atoms with E-state index in [0.29, 0.717) is 17.6 Å². The van der Waals surface area contributed by atoms with Gasteiger partial charge in [-0.25, -0.2) is 0 Å². The molecule has 0 spiro atoms. The van der Waals surface area contributed by atoms with Crippen LogP contribution in [0.3, 0.4) is 0 Å². The van der Waals surface area contributed by atoms with Crippen molar-refractivity contribution in [1.29, 1.82) is 0 Å². The molecule has 0 saturated carbocycles. The van der Waals surface area contributed by atoms with Crippen molar-refractivity contribution >= 4 is 5.97 Å². The monoisotopic (exact) mass is 204 g/mol. The molecule has 1 heterocycles. The zero-order valence-corrected chi connectivity index (χ0v) is 8.86. The molecule has 1 rings (SSSR count). The lowest BCUT2D eigenvalue weighted by atomic mass is 10.1. The van der Waals surface area contributed by atoms with Crippen molar-refractivity contribution < 1.29 is 24.2 Å². The average Bonchev–Trinajstić information content (AvgIpc) is 1.74. The van der Waals surface area contributed by atoms with Gasteiger partial charge in [0.1, 0.15) is 19.2 Å². The highest BCUT2D eigenvalue weighted by atomic mass is 16.6. The predicted molar refractivity (Wildman–Crippen MR) is 49.6 cm³/mol. The largest absolute Gasteiger partial charge is 0.481 e. The Hall–Kier alpha value is -0.650. The summed E-state index contributed by atoms with van der Waals surface area (Å²) in [6.07, 6.45) is -0.469. The Morgan fingerprint density at radius 3 is 2.64 bits per heavy atom. The van der Waals surface area contributed by atoms with Gasteiger partial charge in [-0.2, -0.15) is 0 Å². The van der Waals surface area contributed by atoms with E-state index in [9.17, 15) is 9.90 Å². The SMILES string of the molecule is C[C@@]1(O)C[N+](C)(C)C[C@@H](CC(=O)O)O1. The molecule has 0 aromatic rings. The van der Waals surface area contributed by atoms with Gasteiger partial charge >= 0.3 is 5.97 Å². The van der Waals surface area contributed by atoms with Crippen molar-refractivity contribution in [1.82, 2.24) is 0 Å². The second kappa shape index (κ2) is 3.49. The summed E-state index contributed by atoms with van der Waals surface area (Å²) in [5.41, 5.74) is 0. The van der Waals surface area contributed by atoms with Crippen LogP contribution in [0.1, 0.15) is 13.3 Å². The molecule has 1 fully saturated rings. The van der Waals surface area contributed by atoms with E-state index >= 15 is 0 Å². The first-order chi connectivity index (χ1) is 6.20. The van der Waals surface area contributed by atoms with Crippen LogP contribution in [0.25, 0.3) is 0 Å². The summed E-state index contributed by atoms with van der Waals surface area (Å²) < 4.78 is 5.85. The highest BCUT2D eigenvalue weighted by Crippen LogP contribution is 2.23. The molecule has 0 aromatic carbocycles. The molecule has 1 saturated heterocycles. The molecular weight excluding hydrogens is 186 g/mol. The zero-order chi connectivity index (χ0) is 11.0. The van der Waals surface area contributed by atoms with Crippen molar-refractivity contribution in [2.24, 2.45) is 0 Å². The molecule has 2 N–H and O–H groups in total. The fourth-order valence-corrected chi connectivity index (χ4v) is 2.14. The Balaban J connectivity index is 2.66. The third kappa shape index (κ3) is 3.25. The number of carboxylic acids is 1. The van der Waals surface area contributed by atoms with E-state index in [0.717, 1.165) is 0 Å². The van der Waals surface area contributed by atoms with Crippen molar-refractivity contribution in [3.63, 3.8) is 0 Å². The van der Waals surface area contributed by atoms with Gasteiger partial charge in [0.05, 0.1) is 20.5 Å². The van der Waals surface area contributed by atoms with Gasteiger partial charge in [0.25, 0.3) is 0 Å². The molecular formula is C9H18NO4+. The smallest absolute Gasteiger partial charge is 0.306 e. The van der Waals surface area contributed by atoms with E-state index in [4.69, 9.17) is 9.84 Å². The highest BCUT2D eigenvalue weighted by molar-refractivity contribution is 5.67. The van der Waals surface area contributed by atoms with Crippen LogP contribution < -0.4 is 0 Å². The number of aliphatic carboxylic acids is 1. The maximum atomic E-state index is 10.5. The van der Waals surface area contributed by atoms with E-state index in [1.54, 1.807) is 6.92 Å². The van der Waals surface area contributed by atoms with Crippen LogP contribution in [0.2, 0.25) is 0 Å². The Labute approximate surface area is 83.5 Å². The van der Waals surface area contributed by atoms with E-state index in [2.05, 4.69) is 0 Å². The maximum Gasteiger partial charge on any atom is 0.306 e. The molecule has 5 heteroatoms. The second-order valence-electron chi connectivity index (χ2n) is 4.79. The Morgan fingerprint density at radius 2 is 2.21 bits per heavy atom. The van der Waals surface area contributed by atoms with E-state index in [1.165, 1.54) is 0 Å². The first kappa shape index (κ1) is 11.4. The van der Waals surface area contributed by atoms with Gasteiger partial charge < -0.3 is 19.4 Å². The Bertz CT molecular complexity index is 221. The molecule has 0 bridgehead atoms. The third-order valence-electron chi connectivity index (χ3n) is 2.24. The number of hydrogen-bond acceptors (Lipinski definition) is 3. The van der Waals surface area contributed by atoms with Crippen molar-refractivity contribution in [2.75, 3.05) is 27.2 Å². The molecule has 1 aliphatic rings. The lowest BCUT2D eigenvalue weighted by molar-refractivity contribution is -0.914. The summed E-state index contributed by atoms with van der Waals surface area (Å²) >= 11 is 0. The topological polar surface area (TPSA) is 66.8 Å². The summed E-state index contributed by atoms with van der Waals surface area (Å²) in [7, 11) is 3.90. The first-order valence-electron chi connectivity index (χ1n) is 4.64. The van der Waals surface area contributed by atoms with Gasteiger partial charge in [0.2, 0.25) is 5.79 Å². The number of hydrogen-bond donors (Lipinski definition) is 2. The molecule has 14 heavy (non-hydrogen) atoms. The van der Waals surface area contributed by atoms with E-state index in [-0.39, 0.29) is 6.42 Å². The minimum Gasteiger partial charge on any atom is -0.481 e. The highest BCUT2D eigenvalue weighted by Gasteiger charge is 2.42. The van der Waals surface area contributed by atoms with Crippen molar-refractivity contribution in [3.05, 3.63) is 0 Å². The van der Waals surface area contributed by atoms with Crippen LogP contribution in [-0.4, -0.2) is 59.7 Å². The molecule has 0 radical (unpaired) electrons. The molecule has 0 aliphatic carbocycles. The molecule has 82 valence electrons. The minimum atomic E-state index is -1.22. The summed E-state index contributed by atoms with van der Waals surface area (Å²) in [6.45, 7) is 2.66. The van der Waals surface area contributed by atoms with Gasteiger partial charge in [-0.1, -0.05) is 0 Å². The average molecular weight is 204 g/mol. The van der Waals surface area contributed by atoms with Crippen LogP contribution in [0.4, 0.5) is 0 Å². The lowest BCUT2D eigenvalue weighted by Crippen LogP contribution is -2.61. The number of likely N-dealkylation sites (N-methyl/N-ethyl adjacent to an activating group) is 1. The second-order valence-corrected chi connectivity index (χ2v) is 4.79. The number of morpholine rings is 1. The zero-order valence-electron chi connectivity index (χ0n) is 8.86. The predicted octanol–water partition coefficient (Wildman–Crippen LogP) is -0.355. The number of nitrogens with zero attached hydrogens (tertiary/aromatic N) is 1. The summed E-state index contributed by atoms with van der Waals surface area (Å²) in [4.78, 5) is 10.5. The van der Waals surface area contributed by atoms with Gasteiger partial charge in [0.15, 0.2) is 0 Å². The number of carbonyl (C=O) groups is 1. The molecule has 1 aliphatic heterocycles. The summed E-state index contributed by atoms with van der Waals surface area (Å²) in [6, 6.07) is 0. The lowest BCUT2D eigenvalue weighted by Gasteiger charge is -2.44. The Morgan fingerprint density at radius 1 is 1.64 bits per heavy atom. The van der Waals surface area contributed by atoms with Gasteiger partial charge in [0, 0.05) is 0 Å². The molecule has 5 nitrogen and oxygen atoms in total. The maximum absolute atomic E-state index is 10.5. The number of aliphatic hydroxyl groups is 1. The Kier molecular flexibility index (Phi) is 2.85. The quantitative estimate of drug-likeness (QED) is 0.603. The van der Waals surface area contributed by atoms with E-state index in [1.807, 2.05) is 14.1 Å². The first-order valence-corrected chi connectivity index (χ1v) is 4.64. The van der Waals surface area contributed by atoms with Gasteiger partial charge in [-0.15, -0.1) is 0 Å². The minimum absolute atomic E-state index is 0.0577. The van der Waals surface area contributed by atoms with Gasteiger partial charge in [-0.05, 0) is 6.92 Å². The van der Waals surface area contributed by atoms with Crippen LogP contribution in [0.5, 0.6) is 0 Å². The third-order valence-corrected chi connectivity index (χ3v) is 2.24. The van der Waals surface area contributed by atoms with Crippen LogP contribution in [-0.2, 0) is 9.53 Å². The van der Waals surface area contributed by atoms with Gasteiger partial charge in [-0.3, -0.25) is 4.79 Å². The summed E-state index contributed by atoms with van der Waals surface area (Å²) in [5.74, 6) is -2.12. The standard InChI is InChI=1S/C9H17NO4/c1-9(13)6-10(2,3)5-7(14-9)4-8(11)12/h7,13H,4-6H2,1-3H3/p+1/t7-,9+/m1/s1. The molecule has 0 aromatic heterocycles. The fourth-order valence-electron chi connectivity index (χ4n) is 2.14. The summed E-state index contributed by atoms with van der Waals surface area (Å²) in [5, 5.41) is 18.4. The molecule has 0 unspecified atom stereocenters. The number of quaternary nitrogens is 1. The van der Waals surface area contributed by atoms with Crippen molar-refractivity contribution in [2.45, 2.75) is 25.2 Å². The van der Waals surface area contributed by atoms with Crippen LogP contribution in [0.15, 0.2) is 0 Å². The van der Waals surface area contributed by atoms with Crippen molar-refractivity contribution in [3.8, 4) is 0 Å². The van der Waals surface area contributed by atoms with E-state index < -0.39 is 17.9 Å².